The van der Waals surface area contributed by atoms with E-state index in [0.29, 0.717) is 19.1 Å². The van der Waals surface area contributed by atoms with Gasteiger partial charge in [-0.25, -0.2) is 0 Å². The third-order valence-electron chi connectivity index (χ3n) is 1.92. The fourth-order valence-corrected chi connectivity index (χ4v) is 2.04. The van der Waals surface area contributed by atoms with Crippen LogP contribution in [0.4, 0.5) is 0 Å². The summed E-state index contributed by atoms with van der Waals surface area (Å²) in [5.74, 6) is 2.11. The van der Waals surface area contributed by atoms with Crippen LogP contribution in [0.3, 0.4) is 0 Å². The molecular formula is C11H23NO2S. The van der Waals surface area contributed by atoms with E-state index in [9.17, 15) is 4.79 Å². The molecule has 90 valence electrons. The lowest BCUT2D eigenvalue weighted by molar-refractivity contribution is -0.143. The zero-order valence-electron chi connectivity index (χ0n) is 10.2. The quantitative estimate of drug-likeness (QED) is 0.651. The number of hydrogen-bond acceptors (Lipinski definition) is 4. The first kappa shape index (κ1) is 14.8. The Morgan fingerprint density at radius 1 is 1.33 bits per heavy atom. The van der Waals surface area contributed by atoms with Crippen molar-refractivity contribution in [2.45, 2.75) is 46.2 Å². The third-order valence-corrected chi connectivity index (χ3v) is 3.06. The van der Waals surface area contributed by atoms with Crippen LogP contribution in [-0.2, 0) is 9.53 Å². The van der Waals surface area contributed by atoms with Crippen molar-refractivity contribution in [2.75, 3.05) is 18.1 Å². The molecule has 0 aromatic rings. The molecule has 4 heteroatoms. The van der Waals surface area contributed by atoms with Crippen LogP contribution in [0.25, 0.3) is 0 Å². The van der Waals surface area contributed by atoms with Crippen molar-refractivity contribution in [1.82, 2.24) is 5.32 Å². The molecule has 0 aromatic carbocycles. The van der Waals surface area contributed by atoms with E-state index < -0.39 is 0 Å². The minimum Gasteiger partial charge on any atom is -0.466 e. The summed E-state index contributed by atoms with van der Waals surface area (Å²) in [4.78, 5) is 11.2. The minimum atomic E-state index is -0.118. The van der Waals surface area contributed by atoms with Gasteiger partial charge >= 0.3 is 5.97 Å². The molecule has 0 rings (SSSR count). The summed E-state index contributed by atoms with van der Waals surface area (Å²) in [5, 5.41) is 3.38. The number of carbonyl (C=O) groups is 1. The summed E-state index contributed by atoms with van der Waals surface area (Å²) in [6.07, 6.45) is 0.453. The van der Waals surface area contributed by atoms with Gasteiger partial charge in [0.25, 0.3) is 0 Å². The smallest absolute Gasteiger partial charge is 0.307 e. The van der Waals surface area contributed by atoms with Crippen LogP contribution >= 0.6 is 11.8 Å². The van der Waals surface area contributed by atoms with Crippen LogP contribution in [-0.4, -0.2) is 36.2 Å². The van der Waals surface area contributed by atoms with Gasteiger partial charge in [0.15, 0.2) is 0 Å². The van der Waals surface area contributed by atoms with Gasteiger partial charge in [-0.2, -0.15) is 11.8 Å². The van der Waals surface area contributed by atoms with Gasteiger partial charge in [-0.3, -0.25) is 4.79 Å². The summed E-state index contributed by atoms with van der Waals surface area (Å²) >= 11 is 1.91. The van der Waals surface area contributed by atoms with E-state index in [1.165, 1.54) is 0 Å². The van der Waals surface area contributed by atoms with E-state index in [0.717, 1.165) is 11.5 Å². The second-order valence-corrected chi connectivity index (χ2v) is 4.96. The molecule has 0 heterocycles. The van der Waals surface area contributed by atoms with Crippen molar-refractivity contribution in [3.8, 4) is 0 Å². The molecule has 0 aliphatic rings. The molecule has 0 saturated carbocycles. The number of rotatable bonds is 8. The lowest BCUT2D eigenvalue weighted by Gasteiger charge is -2.18. The first-order valence-electron chi connectivity index (χ1n) is 5.59. The molecule has 2 atom stereocenters. The SMILES string of the molecule is CCOC(=O)CC(C)NC(C)CSCC. The van der Waals surface area contributed by atoms with Crippen LogP contribution in [0.2, 0.25) is 0 Å². The number of esters is 1. The van der Waals surface area contributed by atoms with Gasteiger partial charge in [0.2, 0.25) is 0 Å². The zero-order valence-corrected chi connectivity index (χ0v) is 11.0. The highest BCUT2D eigenvalue weighted by atomic mass is 32.2. The molecule has 0 spiro atoms. The fraction of sp³-hybridized carbons (Fsp3) is 0.909. The Morgan fingerprint density at radius 3 is 2.53 bits per heavy atom. The van der Waals surface area contributed by atoms with Crippen molar-refractivity contribution in [2.24, 2.45) is 0 Å². The normalized spacial score (nSPS) is 14.7. The average Bonchev–Trinajstić information content (AvgIpc) is 2.14. The topological polar surface area (TPSA) is 38.3 Å². The van der Waals surface area contributed by atoms with E-state index in [4.69, 9.17) is 4.74 Å². The molecule has 1 N–H and O–H groups in total. The van der Waals surface area contributed by atoms with Crippen LogP contribution in [0.5, 0.6) is 0 Å². The first-order valence-corrected chi connectivity index (χ1v) is 6.75. The Balaban J connectivity index is 3.62. The van der Waals surface area contributed by atoms with E-state index in [1.54, 1.807) is 0 Å². The molecular weight excluding hydrogens is 210 g/mol. The predicted octanol–water partition coefficient (Wildman–Crippen LogP) is 2.06. The fourth-order valence-electron chi connectivity index (χ4n) is 1.36. The van der Waals surface area contributed by atoms with Crippen molar-refractivity contribution in [1.29, 1.82) is 0 Å². The molecule has 0 amide bonds. The van der Waals surface area contributed by atoms with Gasteiger partial charge in [-0.05, 0) is 26.5 Å². The molecule has 0 bridgehead atoms. The number of hydrogen-bond donors (Lipinski definition) is 1. The van der Waals surface area contributed by atoms with Crippen LogP contribution in [0.1, 0.15) is 34.1 Å². The van der Waals surface area contributed by atoms with Crippen LogP contribution in [0, 0.1) is 0 Å². The van der Waals surface area contributed by atoms with E-state index >= 15 is 0 Å². The van der Waals surface area contributed by atoms with Gasteiger partial charge in [-0.15, -0.1) is 0 Å². The Hall–Kier alpha value is -0.220. The second kappa shape index (κ2) is 9.04. The van der Waals surface area contributed by atoms with Crippen LogP contribution < -0.4 is 5.32 Å². The second-order valence-electron chi connectivity index (χ2n) is 3.64. The maximum absolute atomic E-state index is 11.2. The van der Waals surface area contributed by atoms with Gasteiger partial charge in [-0.1, -0.05) is 6.92 Å². The summed E-state index contributed by atoms with van der Waals surface area (Å²) in [6, 6.07) is 0.635. The monoisotopic (exact) mass is 233 g/mol. The molecule has 0 fully saturated rings. The van der Waals surface area contributed by atoms with Gasteiger partial charge in [0.1, 0.15) is 0 Å². The molecule has 3 nitrogen and oxygen atoms in total. The highest BCUT2D eigenvalue weighted by Crippen LogP contribution is 2.03. The summed E-state index contributed by atoms with van der Waals surface area (Å²) in [7, 11) is 0. The standard InChI is InChI=1S/C11H23NO2S/c1-5-14-11(13)7-9(3)12-10(4)8-15-6-2/h9-10,12H,5-8H2,1-4H3. The Bertz CT molecular complexity index is 176. The molecule has 0 aliphatic heterocycles. The minimum absolute atomic E-state index is 0.118. The highest BCUT2D eigenvalue weighted by Gasteiger charge is 2.11. The molecule has 0 radical (unpaired) electrons. The molecule has 0 aromatic heterocycles. The third kappa shape index (κ3) is 8.75. The largest absolute Gasteiger partial charge is 0.466 e. The number of carbonyl (C=O) groups excluding carboxylic acids is 1. The predicted molar refractivity (Wildman–Crippen MR) is 66.3 cm³/mol. The van der Waals surface area contributed by atoms with Crippen molar-refractivity contribution >= 4 is 17.7 Å². The van der Waals surface area contributed by atoms with E-state index in [2.05, 4.69) is 19.2 Å². The Morgan fingerprint density at radius 2 is 2.00 bits per heavy atom. The average molecular weight is 233 g/mol. The molecule has 0 saturated heterocycles. The lowest BCUT2D eigenvalue weighted by Crippen LogP contribution is -2.37. The highest BCUT2D eigenvalue weighted by molar-refractivity contribution is 7.99. The summed E-state index contributed by atoms with van der Waals surface area (Å²) in [5.41, 5.74) is 0. The number of thioether (sulfide) groups is 1. The molecule has 0 aliphatic carbocycles. The summed E-state index contributed by atoms with van der Waals surface area (Å²) in [6.45, 7) is 8.61. The zero-order chi connectivity index (χ0) is 11.7. The van der Waals surface area contributed by atoms with Crippen molar-refractivity contribution in [3.05, 3.63) is 0 Å². The van der Waals surface area contributed by atoms with Crippen molar-refractivity contribution in [3.63, 3.8) is 0 Å². The molecule has 2 unspecified atom stereocenters. The lowest BCUT2D eigenvalue weighted by atomic mass is 10.2. The molecule has 15 heavy (non-hydrogen) atoms. The first-order chi connectivity index (χ1) is 7.10. The van der Waals surface area contributed by atoms with E-state index in [1.807, 2.05) is 25.6 Å². The Labute approximate surface area is 97.3 Å². The Kier molecular flexibility index (Phi) is 8.91. The summed E-state index contributed by atoms with van der Waals surface area (Å²) < 4.78 is 4.89. The van der Waals surface area contributed by atoms with Crippen molar-refractivity contribution < 1.29 is 9.53 Å². The maximum Gasteiger partial charge on any atom is 0.307 e. The van der Waals surface area contributed by atoms with Gasteiger partial charge < -0.3 is 10.1 Å². The van der Waals surface area contributed by atoms with E-state index in [-0.39, 0.29) is 12.0 Å². The van der Waals surface area contributed by atoms with Gasteiger partial charge in [0, 0.05) is 17.8 Å². The maximum atomic E-state index is 11.2. The number of ether oxygens (including phenoxy) is 1. The van der Waals surface area contributed by atoms with Crippen LogP contribution in [0.15, 0.2) is 0 Å². The number of nitrogens with one attached hydrogen (secondary N) is 1. The van der Waals surface area contributed by atoms with Gasteiger partial charge in [0.05, 0.1) is 13.0 Å².